The fraction of sp³-hybridized carbons (Fsp3) is 0.565. The molecule has 4 heterocycles. The number of hydrogen-bond acceptors (Lipinski definition) is 6. The molecule has 0 bridgehead atoms. The topological polar surface area (TPSA) is 91.9 Å². The third-order valence-electron chi connectivity index (χ3n) is 6.47. The van der Waals surface area contributed by atoms with Crippen LogP contribution in [0.5, 0.6) is 0 Å². The lowest BCUT2D eigenvalue weighted by molar-refractivity contribution is -0.139. The smallest absolute Gasteiger partial charge is 0.225 e. The summed E-state index contributed by atoms with van der Waals surface area (Å²) in [7, 11) is 0. The Hall–Kier alpha value is -2.54. The van der Waals surface area contributed by atoms with E-state index in [4.69, 9.17) is 5.73 Å². The Morgan fingerprint density at radius 3 is 2.47 bits per heavy atom. The molecule has 1 aromatic heterocycles. The Bertz CT molecular complexity index is 834. The number of ketones is 1. The summed E-state index contributed by atoms with van der Waals surface area (Å²) in [4.78, 5) is 38.4. The average Bonchev–Trinajstić information content (AvgIpc) is 2.79. The summed E-state index contributed by atoms with van der Waals surface area (Å²) in [6, 6.07) is 3.91. The molecule has 30 heavy (non-hydrogen) atoms. The van der Waals surface area contributed by atoms with E-state index in [1.165, 1.54) is 0 Å². The number of aliphatic imine (C=N–C) groups is 1. The molecule has 2 saturated heterocycles. The van der Waals surface area contributed by atoms with Gasteiger partial charge in [-0.2, -0.15) is 0 Å². The predicted octanol–water partition coefficient (Wildman–Crippen LogP) is 2.08. The van der Waals surface area contributed by atoms with Crippen molar-refractivity contribution >= 4 is 23.2 Å². The number of nitrogens with two attached hydrogens (primary N) is 1. The van der Waals surface area contributed by atoms with Crippen molar-refractivity contribution in [2.75, 3.05) is 38.5 Å². The number of piperidine rings is 2. The molecule has 4 rings (SSSR count). The highest BCUT2D eigenvalue weighted by molar-refractivity contribution is 6.45. The third kappa shape index (κ3) is 4.95. The molecule has 160 valence electrons. The molecule has 1 amide bonds. The third-order valence-corrected chi connectivity index (χ3v) is 6.47. The van der Waals surface area contributed by atoms with Crippen LogP contribution in [-0.4, -0.2) is 64.9 Å². The van der Waals surface area contributed by atoms with Gasteiger partial charge in [-0.05, 0) is 69.0 Å². The summed E-state index contributed by atoms with van der Waals surface area (Å²) in [5.74, 6) is 1.07. The lowest BCUT2D eigenvalue weighted by Crippen LogP contribution is -2.46. The zero-order valence-corrected chi connectivity index (χ0v) is 17.5. The zero-order valence-electron chi connectivity index (χ0n) is 17.5. The standard InChI is InChI=1S/C23H31N5O2/c24-21-15-17(4-10-26-21)16-27-11-5-19(6-12-27)23(30)28-13-7-18(8-14-28)22(29)20-3-1-2-9-25-20/h1,3-4,10,15,18-19H,2,5-9,11-14,16H2,(H2,24,26). The number of nitrogens with zero attached hydrogens (tertiary/aromatic N) is 4. The Morgan fingerprint density at radius 2 is 1.80 bits per heavy atom. The van der Waals surface area contributed by atoms with Gasteiger partial charge in [0, 0.05) is 44.2 Å². The summed E-state index contributed by atoms with van der Waals surface area (Å²) in [5, 5.41) is 0. The van der Waals surface area contributed by atoms with Gasteiger partial charge in [-0.3, -0.25) is 19.5 Å². The van der Waals surface area contributed by atoms with Crippen molar-refractivity contribution in [1.29, 1.82) is 0 Å². The summed E-state index contributed by atoms with van der Waals surface area (Å²) >= 11 is 0. The van der Waals surface area contributed by atoms with Crippen LogP contribution < -0.4 is 5.73 Å². The van der Waals surface area contributed by atoms with Crippen molar-refractivity contribution in [3.8, 4) is 0 Å². The van der Waals surface area contributed by atoms with Gasteiger partial charge >= 0.3 is 0 Å². The van der Waals surface area contributed by atoms with Crippen LogP contribution >= 0.6 is 0 Å². The lowest BCUT2D eigenvalue weighted by atomic mass is 9.88. The molecule has 3 aliphatic rings. The number of pyridine rings is 1. The molecular weight excluding hydrogens is 378 g/mol. The van der Waals surface area contributed by atoms with Crippen LogP contribution in [0, 0.1) is 11.8 Å². The van der Waals surface area contributed by atoms with Crippen LogP contribution in [0.3, 0.4) is 0 Å². The van der Waals surface area contributed by atoms with Gasteiger partial charge in [-0.1, -0.05) is 6.08 Å². The Labute approximate surface area is 178 Å². The number of amides is 1. The van der Waals surface area contributed by atoms with Gasteiger partial charge in [0.1, 0.15) is 11.5 Å². The van der Waals surface area contributed by atoms with E-state index in [2.05, 4.69) is 14.9 Å². The van der Waals surface area contributed by atoms with Gasteiger partial charge in [-0.15, -0.1) is 0 Å². The first kappa shape index (κ1) is 20.7. The molecule has 0 unspecified atom stereocenters. The van der Waals surface area contributed by atoms with E-state index in [0.717, 1.165) is 57.3 Å². The van der Waals surface area contributed by atoms with Crippen LogP contribution in [0.2, 0.25) is 0 Å². The van der Waals surface area contributed by atoms with E-state index in [9.17, 15) is 9.59 Å². The molecule has 3 aliphatic heterocycles. The number of rotatable bonds is 5. The van der Waals surface area contributed by atoms with Gasteiger partial charge in [-0.25, -0.2) is 4.98 Å². The van der Waals surface area contributed by atoms with Gasteiger partial charge in [0.05, 0.1) is 0 Å². The number of carbonyl (C=O) groups excluding carboxylic acids is 2. The van der Waals surface area contributed by atoms with E-state index >= 15 is 0 Å². The fourth-order valence-corrected chi connectivity index (χ4v) is 4.69. The molecule has 2 fully saturated rings. The van der Waals surface area contributed by atoms with Crippen molar-refractivity contribution < 1.29 is 9.59 Å². The summed E-state index contributed by atoms with van der Waals surface area (Å²) < 4.78 is 0. The first-order valence-electron chi connectivity index (χ1n) is 11.1. The van der Waals surface area contributed by atoms with Crippen molar-refractivity contribution in [1.82, 2.24) is 14.8 Å². The number of dihydropyridines is 1. The van der Waals surface area contributed by atoms with E-state index in [1.807, 2.05) is 29.2 Å². The van der Waals surface area contributed by atoms with Crippen LogP contribution in [0.1, 0.15) is 37.7 Å². The summed E-state index contributed by atoms with van der Waals surface area (Å²) in [5.41, 5.74) is 7.55. The molecule has 1 aromatic rings. The van der Waals surface area contributed by atoms with Crippen molar-refractivity contribution in [2.24, 2.45) is 16.8 Å². The van der Waals surface area contributed by atoms with Crippen molar-refractivity contribution in [3.05, 3.63) is 36.0 Å². The second kappa shape index (κ2) is 9.51. The normalized spacial score (nSPS) is 21.5. The summed E-state index contributed by atoms with van der Waals surface area (Å²) in [6.45, 7) is 4.76. The second-order valence-electron chi connectivity index (χ2n) is 8.56. The number of hydrogen-bond donors (Lipinski definition) is 1. The van der Waals surface area contributed by atoms with Crippen LogP contribution in [-0.2, 0) is 16.1 Å². The molecule has 0 spiro atoms. The minimum absolute atomic E-state index is 0.00481. The monoisotopic (exact) mass is 409 g/mol. The Balaban J connectivity index is 1.23. The average molecular weight is 410 g/mol. The van der Waals surface area contributed by atoms with Gasteiger partial charge in [0.25, 0.3) is 0 Å². The number of carbonyl (C=O) groups is 2. The van der Waals surface area contributed by atoms with E-state index in [0.29, 0.717) is 31.2 Å². The molecule has 0 aliphatic carbocycles. The SMILES string of the molecule is Nc1cc(CN2CCC(C(=O)N3CCC(C(=O)C4=NCCC=C4)CC3)CC2)ccn1. The Morgan fingerprint density at radius 1 is 1.07 bits per heavy atom. The minimum atomic E-state index is 0.00481. The molecule has 0 atom stereocenters. The van der Waals surface area contributed by atoms with Crippen LogP contribution in [0.15, 0.2) is 35.5 Å². The predicted molar refractivity (Wildman–Crippen MR) is 117 cm³/mol. The van der Waals surface area contributed by atoms with Crippen molar-refractivity contribution in [2.45, 2.75) is 38.6 Å². The molecule has 7 nitrogen and oxygen atoms in total. The minimum Gasteiger partial charge on any atom is -0.384 e. The number of aromatic nitrogens is 1. The maximum Gasteiger partial charge on any atom is 0.225 e. The number of allylic oxidation sites excluding steroid dienone is 1. The Kier molecular flexibility index (Phi) is 6.57. The van der Waals surface area contributed by atoms with E-state index in [1.54, 1.807) is 6.20 Å². The molecule has 0 aromatic carbocycles. The van der Waals surface area contributed by atoms with Crippen LogP contribution in [0.25, 0.3) is 0 Å². The number of nitrogen functional groups attached to an aromatic ring is 1. The highest BCUT2D eigenvalue weighted by Gasteiger charge is 2.33. The maximum atomic E-state index is 13.0. The van der Waals surface area contributed by atoms with Crippen LogP contribution in [0.4, 0.5) is 5.82 Å². The number of anilines is 1. The molecule has 0 radical (unpaired) electrons. The highest BCUT2D eigenvalue weighted by atomic mass is 16.2. The van der Waals surface area contributed by atoms with E-state index in [-0.39, 0.29) is 23.5 Å². The van der Waals surface area contributed by atoms with E-state index < -0.39 is 0 Å². The number of likely N-dealkylation sites (tertiary alicyclic amines) is 2. The van der Waals surface area contributed by atoms with Gasteiger partial charge < -0.3 is 10.6 Å². The number of Topliss-reactive ketones (excluding diaryl/α,β-unsaturated/α-hetero) is 1. The van der Waals surface area contributed by atoms with Crippen molar-refractivity contribution in [3.63, 3.8) is 0 Å². The maximum absolute atomic E-state index is 13.0. The molecule has 0 saturated carbocycles. The fourth-order valence-electron chi connectivity index (χ4n) is 4.69. The molecular formula is C23H31N5O2. The summed E-state index contributed by atoms with van der Waals surface area (Å²) in [6.07, 6.45) is 9.82. The quantitative estimate of drug-likeness (QED) is 0.804. The first-order valence-corrected chi connectivity index (χ1v) is 11.1. The second-order valence-corrected chi connectivity index (χ2v) is 8.56. The molecule has 2 N–H and O–H groups in total. The first-order chi connectivity index (χ1) is 14.6. The van der Waals surface area contributed by atoms with Gasteiger partial charge in [0.2, 0.25) is 5.91 Å². The van der Waals surface area contributed by atoms with Gasteiger partial charge in [0.15, 0.2) is 5.78 Å². The zero-order chi connectivity index (χ0) is 20.9. The highest BCUT2D eigenvalue weighted by Crippen LogP contribution is 2.25. The largest absolute Gasteiger partial charge is 0.384 e. The lowest BCUT2D eigenvalue weighted by Gasteiger charge is -2.37. The molecule has 7 heteroatoms.